The van der Waals surface area contributed by atoms with Gasteiger partial charge >= 0.3 is 0 Å². The van der Waals surface area contributed by atoms with Crippen molar-refractivity contribution in [3.05, 3.63) is 70.3 Å². The Bertz CT molecular complexity index is 698. The molecule has 3 rings (SSSR count). The van der Waals surface area contributed by atoms with Crippen LogP contribution in [0.4, 0.5) is 11.4 Å². The molecule has 1 unspecified atom stereocenters. The molecule has 1 aliphatic heterocycles. The smallest absolute Gasteiger partial charge is 0.269 e. The van der Waals surface area contributed by atoms with E-state index in [1.54, 1.807) is 23.9 Å². The molecular weight excluding hydrogens is 284 g/mol. The van der Waals surface area contributed by atoms with Crippen LogP contribution in [-0.2, 0) is 0 Å². The van der Waals surface area contributed by atoms with E-state index in [1.165, 1.54) is 22.7 Å². The minimum absolute atomic E-state index is 0.118. The van der Waals surface area contributed by atoms with E-state index in [4.69, 9.17) is 0 Å². The number of anilines is 1. The molecule has 106 valence electrons. The van der Waals surface area contributed by atoms with Crippen LogP contribution in [0.25, 0.3) is 6.08 Å². The highest BCUT2D eigenvalue weighted by Crippen LogP contribution is 2.42. The number of nitro groups is 1. The Kier molecular flexibility index (Phi) is 3.66. The van der Waals surface area contributed by atoms with Crippen LogP contribution in [0.2, 0.25) is 0 Å². The number of non-ortho nitro benzene ring substituents is 1. The molecule has 0 bridgehead atoms. The molecule has 2 aromatic carbocycles. The summed E-state index contributed by atoms with van der Waals surface area (Å²) in [5.74, 6) is 0. The number of nitrogens with zero attached hydrogens (tertiary/aromatic N) is 2. The van der Waals surface area contributed by atoms with Crippen molar-refractivity contribution in [3.8, 4) is 0 Å². The van der Waals surface area contributed by atoms with Crippen molar-refractivity contribution in [1.29, 1.82) is 0 Å². The highest BCUT2D eigenvalue weighted by Gasteiger charge is 2.24. The van der Waals surface area contributed by atoms with Gasteiger partial charge in [-0.2, -0.15) is 0 Å². The second-order valence-corrected chi connectivity index (χ2v) is 5.95. The molecule has 0 N–H and O–H groups in total. The van der Waals surface area contributed by atoms with Crippen molar-refractivity contribution in [2.45, 2.75) is 10.3 Å². The Morgan fingerprint density at radius 2 is 1.90 bits per heavy atom. The molecule has 1 heterocycles. The van der Waals surface area contributed by atoms with Gasteiger partial charge in [-0.3, -0.25) is 10.1 Å². The van der Waals surface area contributed by atoms with Crippen molar-refractivity contribution in [1.82, 2.24) is 0 Å². The van der Waals surface area contributed by atoms with Crippen LogP contribution >= 0.6 is 11.8 Å². The number of thioether (sulfide) groups is 1. The molecular formula is C16H14N2O2S. The first-order chi connectivity index (χ1) is 10.1. The standard InChI is InChI=1S/C16H14N2O2S/c1-17-14-4-2-3-5-15(14)21-16(17)11-8-12-6-9-13(10-7-12)18(19)20/h2-11,16H,1H3/b11-8+. The highest BCUT2D eigenvalue weighted by atomic mass is 32.2. The molecule has 0 spiro atoms. The molecule has 21 heavy (non-hydrogen) atoms. The largest absolute Gasteiger partial charge is 0.358 e. The Morgan fingerprint density at radius 1 is 1.19 bits per heavy atom. The van der Waals surface area contributed by atoms with Crippen LogP contribution in [0.5, 0.6) is 0 Å². The lowest BCUT2D eigenvalue weighted by Gasteiger charge is -2.18. The van der Waals surface area contributed by atoms with Crippen LogP contribution in [0.15, 0.2) is 59.5 Å². The van der Waals surface area contributed by atoms with E-state index in [1.807, 2.05) is 18.2 Å². The fourth-order valence-electron chi connectivity index (χ4n) is 2.26. The zero-order valence-electron chi connectivity index (χ0n) is 11.5. The summed E-state index contributed by atoms with van der Waals surface area (Å²) in [7, 11) is 2.07. The summed E-state index contributed by atoms with van der Waals surface area (Å²) in [4.78, 5) is 13.7. The molecule has 5 heteroatoms. The van der Waals surface area contributed by atoms with Crippen molar-refractivity contribution in [2.24, 2.45) is 0 Å². The molecule has 0 fully saturated rings. The molecule has 1 aliphatic rings. The van der Waals surface area contributed by atoms with Crippen LogP contribution < -0.4 is 4.90 Å². The van der Waals surface area contributed by atoms with Gasteiger partial charge in [0.1, 0.15) is 0 Å². The number of fused-ring (bicyclic) bond motifs is 1. The van der Waals surface area contributed by atoms with Crippen molar-refractivity contribution >= 4 is 29.2 Å². The van der Waals surface area contributed by atoms with Gasteiger partial charge in [-0.25, -0.2) is 0 Å². The lowest BCUT2D eigenvalue weighted by Crippen LogP contribution is -2.21. The third-order valence-electron chi connectivity index (χ3n) is 3.43. The predicted octanol–water partition coefficient (Wildman–Crippen LogP) is 4.18. The maximum absolute atomic E-state index is 10.6. The third-order valence-corrected chi connectivity index (χ3v) is 4.75. The maximum atomic E-state index is 10.6. The number of hydrogen-bond acceptors (Lipinski definition) is 4. The van der Waals surface area contributed by atoms with E-state index in [9.17, 15) is 10.1 Å². The predicted molar refractivity (Wildman–Crippen MR) is 86.6 cm³/mol. The summed E-state index contributed by atoms with van der Waals surface area (Å²) in [6.45, 7) is 0. The summed E-state index contributed by atoms with van der Waals surface area (Å²) < 4.78 is 0. The molecule has 0 radical (unpaired) electrons. The average Bonchev–Trinajstić information content (AvgIpc) is 2.82. The van der Waals surface area contributed by atoms with Gasteiger partial charge in [-0.05, 0) is 29.8 Å². The molecule has 0 saturated heterocycles. The summed E-state index contributed by atoms with van der Waals surface area (Å²) in [5, 5.41) is 10.9. The normalized spacial score (nSPS) is 17.2. The summed E-state index contributed by atoms with van der Waals surface area (Å²) in [6, 6.07) is 14.9. The minimum atomic E-state index is -0.384. The van der Waals surface area contributed by atoms with Gasteiger partial charge in [-0.15, -0.1) is 0 Å². The first-order valence-corrected chi connectivity index (χ1v) is 7.44. The second kappa shape index (κ2) is 5.61. The van der Waals surface area contributed by atoms with Crippen LogP contribution in [0.1, 0.15) is 5.56 Å². The first-order valence-electron chi connectivity index (χ1n) is 6.56. The van der Waals surface area contributed by atoms with Crippen LogP contribution in [-0.4, -0.2) is 17.3 Å². The summed E-state index contributed by atoms with van der Waals surface area (Å²) in [5.41, 5.74) is 2.32. The van der Waals surface area contributed by atoms with Crippen LogP contribution in [0, 0.1) is 10.1 Å². The van der Waals surface area contributed by atoms with Gasteiger partial charge in [-0.1, -0.05) is 36.0 Å². The number of nitro benzene ring substituents is 1. The van der Waals surface area contributed by atoms with Gasteiger partial charge < -0.3 is 4.90 Å². The monoisotopic (exact) mass is 298 g/mol. The van der Waals surface area contributed by atoms with Gasteiger partial charge in [0.25, 0.3) is 5.69 Å². The topological polar surface area (TPSA) is 46.4 Å². The molecule has 0 aromatic heterocycles. The number of likely N-dealkylation sites (N-methyl/N-ethyl adjacent to an activating group) is 1. The van der Waals surface area contributed by atoms with Crippen molar-refractivity contribution in [3.63, 3.8) is 0 Å². The average molecular weight is 298 g/mol. The molecule has 4 nitrogen and oxygen atoms in total. The fourth-order valence-corrected chi connectivity index (χ4v) is 3.44. The van der Waals surface area contributed by atoms with E-state index in [0.29, 0.717) is 0 Å². The summed E-state index contributed by atoms with van der Waals surface area (Å²) in [6.07, 6.45) is 4.12. The quantitative estimate of drug-likeness (QED) is 0.630. The van der Waals surface area contributed by atoms with Gasteiger partial charge in [0.15, 0.2) is 0 Å². The first kappa shape index (κ1) is 13.7. The molecule has 0 saturated carbocycles. The van der Waals surface area contributed by atoms with E-state index in [2.05, 4.69) is 30.2 Å². The molecule has 1 atom stereocenters. The number of benzene rings is 2. The van der Waals surface area contributed by atoms with E-state index >= 15 is 0 Å². The number of para-hydroxylation sites is 1. The lowest BCUT2D eigenvalue weighted by atomic mass is 10.2. The van der Waals surface area contributed by atoms with E-state index in [0.717, 1.165) is 5.56 Å². The summed E-state index contributed by atoms with van der Waals surface area (Å²) >= 11 is 1.80. The highest BCUT2D eigenvalue weighted by molar-refractivity contribution is 8.00. The van der Waals surface area contributed by atoms with E-state index in [-0.39, 0.29) is 16.0 Å². The van der Waals surface area contributed by atoms with Gasteiger partial charge in [0.05, 0.1) is 16.0 Å². The van der Waals surface area contributed by atoms with E-state index < -0.39 is 0 Å². The van der Waals surface area contributed by atoms with Gasteiger partial charge in [0, 0.05) is 24.1 Å². The third kappa shape index (κ3) is 2.78. The fraction of sp³-hybridized carbons (Fsp3) is 0.125. The van der Waals surface area contributed by atoms with Crippen molar-refractivity contribution in [2.75, 3.05) is 11.9 Å². The van der Waals surface area contributed by atoms with Crippen molar-refractivity contribution < 1.29 is 4.92 Å². The minimum Gasteiger partial charge on any atom is -0.358 e. The SMILES string of the molecule is CN1c2ccccc2SC1/C=C/c1ccc([N+](=O)[O-])cc1. The molecule has 0 aliphatic carbocycles. The number of rotatable bonds is 3. The Labute approximate surface area is 127 Å². The zero-order chi connectivity index (χ0) is 14.8. The second-order valence-electron chi connectivity index (χ2n) is 4.79. The van der Waals surface area contributed by atoms with Crippen LogP contribution in [0.3, 0.4) is 0 Å². The maximum Gasteiger partial charge on any atom is 0.269 e. The Morgan fingerprint density at radius 3 is 2.57 bits per heavy atom. The Balaban J connectivity index is 1.74. The molecule has 2 aromatic rings. The zero-order valence-corrected chi connectivity index (χ0v) is 12.3. The Hall–Kier alpha value is -2.27. The number of hydrogen-bond donors (Lipinski definition) is 0. The lowest BCUT2D eigenvalue weighted by molar-refractivity contribution is -0.384. The van der Waals surface area contributed by atoms with Gasteiger partial charge in [0.2, 0.25) is 0 Å². The molecule has 0 amide bonds.